The maximum absolute atomic E-state index is 12.1. The van der Waals surface area contributed by atoms with Gasteiger partial charge in [-0.25, -0.2) is 0 Å². The first-order valence-corrected chi connectivity index (χ1v) is 5.91. The molecule has 1 fully saturated rings. The fourth-order valence-corrected chi connectivity index (χ4v) is 2.11. The first-order valence-electron chi connectivity index (χ1n) is 5.53. The molecule has 1 heterocycles. The number of morpholine rings is 1. The summed E-state index contributed by atoms with van der Waals surface area (Å²) < 4.78 is 5.31. The van der Waals surface area contributed by atoms with Crippen molar-refractivity contribution in [3.8, 4) is 0 Å². The van der Waals surface area contributed by atoms with E-state index in [1.807, 2.05) is 25.1 Å². The lowest BCUT2D eigenvalue weighted by molar-refractivity contribution is -0.133. The van der Waals surface area contributed by atoms with Crippen LogP contribution in [0.3, 0.4) is 0 Å². The number of benzene rings is 1. The Labute approximate surface area is 105 Å². The highest BCUT2D eigenvalue weighted by Gasteiger charge is 2.30. The fourth-order valence-electron chi connectivity index (χ4n) is 1.94. The summed E-state index contributed by atoms with van der Waals surface area (Å²) in [6.07, 6.45) is -0.540. The van der Waals surface area contributed by atoms with E-state index in [1.54, 1.807) is 4.90 Å². The SMILES string of the molecule is Cc1c(Cl)cccc1N1CCOC(CN)C1=O. The third-order valence-electron chi connectivity index (χ3n) is 2.92. The van der Waals surface area contributed by atoms with Crippen LogP contribution in [0.2, 0.25) is 5.02 Å². The average Bonchev–Trinajstić information content (AvgIpc) is 2.33. The standard InChI is InChI=1S/C12H15ClN2O2/c1-8-9(13)3-2-4-10(8)15-5-6-17-11(7-14)12(15)16/h2-4,11H,5-7,14H2,1H3. The van der Waals surface area contributed by atoms with Crippen LogP contribution in [0, 0.1) is 6.92 Å². The molecule has 1 unspecified atom stereocenters. The number of anilines is 1. The van der Waals surface area contributed by atoms with Crippen molar-refractivity contribution in [3.63, 3.8) is 0 Å². The zero-order chi connectivity index (χ0) is 12.4. The lowest BCUT2D eigenvalue weighted by Gasteiger charge is -2.32. The van der Waals surface area contributed by atoms with E-state index in [1.165, 1.54) is 0 Å². The maximum Gasteiger partial charge on any atom is 0.257 e. The second-order valence-electron chi connectivity index (χ2n) is 3.97. The van der Waals surface area contributed by atoms with Gasteiger partial charge in [0.25, 0.3) is 5.91 Å². The Balaban J connectivity index is 2.33. The van der Waals surface area contributed by atoms with Crippen molar-refractivity contribution in [2.75, 3.05) is 24.6 Å². The zero-order valence-corrected chi connectivity index (χ0v) is 10.4. The molecule has 0 aliphatic carbocycles. The summed E-state index contributed by atoms with van der Waals surface area (Å²) in [6, 6.07) is 5.54. The highest BCUT2D eigenvalue weighted by atomic mass is 35.5. The Morgan fingerprint density at radius 1 is 1.59 bits per heavy atom. The molecule has 1 saturated heterocycles. The number of halogens is 1. The quantitative estimate of drug-likeness (QED) is 0.867. The monoisotopic (exact) mass is 254 g/mol. The lowest BCUT2D eigenvalue weighted by atomic mass is 10.1. The number of nitrogens with zero attached hydrogens (tertiary/aromatic N) is 1. The Morgan fingerprint density at radius 2 is 2.35 bits per heavy atom. The number of carbonyl (C=O) groups is 1. The van der Waals surface area contributed by atoms with Crippen LogP contribution in [0.25, 0.3) is 0 Å². The molecule has 5 heteroatoms. The fraction of sp³-hybridized carbons (Fsp3) is 0.417. The summed E-state index contributed by atoms with van der Waals surface area (Å²) in [7, 11) is 0. The molecule has 92 valence electrons. The summed E-state index contributed by atoms with van der Waals surface area (Å²) in [6.45, 7) is 3.14. The van der Waals surface area contributed by atoms with Crippen LogP contribution in [0.4, 0.5) is 5.69 Å². The summed E-state index contributed by atoms with van der Waals surface area (Å²) in [5, 5.41) is 0.658. The number of amides is 1. The van der Waals surface area contributed by atoms with Gasteiger partial charge in [-0.05, 0) is 24.6 Å². The van der Waals surface area contributed by atoms with Crippen LogP contribution in [0.5, 0.6) is 0 Å². The minimum atomic E-state index is -0.540. The van der Waals surface area contributed by atoms with E-state index in [2.05, 4.69) is 0 Å². The Kier molecular flexibility index (Phi) is 3.66. The van der Waals surface area contributed by atoms with E-state index in [4.69, 9.17) is 22.1 Å². The van der Waals surface area contributed by atoms with E-state index in [-0.39, 0.29) is 12.5 Å². The van der Waals surface area contributed by atoms with Gasteiger partial charge in [0, 0.05) is 23.8 Å². The molecule has 0 spiro atoms. The maximum atomic E-state index is 12.1. The second-order valence-corrected chi connectivity index (χ2v) is 4.38. The number of nitrogens with two attached hydrogens (primary N) is 1. The van der Waals surface area contributed by atoms with Crippen LogP contribution in [0.1, 0.15) is 5.56 Å². The molecule has 1 atom stereocenters. The van der Waals surface area contributed by atoms with Crippen LogP contribution in [-0.4, -0.2) is 31.7 Å². The van der Waals surface area contributed by atoms with Crippen LogP contribution >= 0.6 is 11.6 Å². The van der Waals surface area contributed by atoms with Crippen LogP contribution < -0.4 is 10.6 Å². The van der Waals surface area contributed by atoms with E-state index in [0.29, 0.717) is 18.2 Å². The molecule has 1 aromatic rings. The molecule has 17 heavy (non-hydrogen) atoms. The molecule has 0 radical (unpaired) electrons. The molecule has 1 aromatic carbocycles. The Morgan fingerprint density at radius 3 is 3.06 bits per heavy atom. The largest absolute Gasteiger partial charge is 0.365 e. The van der Waals surface area contributed by atoms with Gasteiger partial charge in [-0.15, -0.1) is 0 Å². The number of rotatable bonds is 2. The van der Waals surface area contributed by atoms with Gasteiger partial charge in [-0.2, -0.15) is 0 Å². The lowest BCUT2D eigenvalue weighted by Crippen LogP contribution is -2.51. The molecular weight excluding hydrogens is 240 g/mol. The first kappa shape index (κ1) is 12.4. The summed E-state index contributed by atoms with van der Waals surface area (Å²) >= 11 is 6.06. The van der Waals surface area contributed by atoms with Gasteiger partial charge < -0.3 is 15.4 Å². The van der Waals surface area contributed by atoms with E-state index >= 15 is 0 Å². The van der Waals surface area contributed by atoms with E-state index in [0.717, 1.165) is 11.3 Å². The van der Waals surface area contributed by atoms with E-state index in [9.17, 15) is 4.79 Å². The first-order chi connectivity index (χ1) is 8.15. The average molecular weight is 255 g/mol. The van der Waals surface area contributed by atoms with Crippen LogP contribution in [0.15, 0.2) is 18.2 Å². The molecule has 0 saturated carbocycles. The number of ether oxygens (including phenoxy) is 1. The molecule has 1 aliphatic heterocycles. The van der Waals surface area contributed by atoms with Crippen molar-refractivity contribution in [1.82, 2.24) is 0 Å². The van der Waals surface area contributed by atoms with Crippen molar-refractivity contribution in [2.24, 2.45) is 5.73 Å². The van der Waals surface area contributed by atoms with Crippen molar-refractivity contribution < 1.29 is 9.53 Å². The van der Waals surface area contributed by atoms with E-state index < -0.39 is 6.10 Å². The molecule has 4 nitrogen and oxygen atoms in total. The summed E-state index contributed by atoms with van der Waals surface area (Å²) in [4.78, 5) is 13.8. The predicted molar refractivity (Wildman–Crippen MR) is 67.3 cm³/mol. The minimum absolute atomic E-state index is 0.0934. The van der Waals surface area contributed by atoms with Gasteiger partial charge in [-0.3, -0.25) is 4.79 Å². The third kappa shape index (κ3) is 2.29. The van der Waals surface area contributed by atoms with Crippen molar-refractivity contribution in [1.29, 1.82) is 0 Å². The normalized spacial score (nSPS) is 20.8. The third-order valence-corrected chi connectivity index (χ3v) is 3.33. The summed E-state index contributed by atoms with van der Waals surface area (Å²) in [5.41, 5.74) is 7.24. The van der Waals surface area contributed by atoms with Crippen molar-refractivity contribution in [2.45, 2.75) is 13.0 Å². The van der Waals surface area contributed by atoms with Crippen LogP contribution in [-0.2, 0) is 9.53 Å². The molecule has 0 bridgehead atoms. The Hall–Kier alpha value is -1.10. The molecular formula is C12H15ClN2O2. The highest BCUT2D eigenvalue weighted by molar-refractivity contribution is 6.31. The molecule has 1 aliphatic rings. The Bertz CT molecular complexity index is 437. The van der Waals surface area contributed by atoms with Gasteiger partial charge >= 0.3 is 0 Å². The molecule has 0 aromatic heterocycles. The highest BCUT2D eigenvalue weighted by Crippen LogP contribution is 2.28. The smallest absolute Gasteiger partial charge is 0.257 e. The second kappa shape index (κ2) is 5.04. The van der Waals surface area contributed by atoms with Crippen molar-refractivity contribution >= 4 is 23.2 Å². The predicted octanol–water partition coefficient (Wildman–Crippen LogP) is 1.34. The molecule has 2 rings (SSSR count). The molecule has 2 N–H and O–H groups in total. The van der Waals surface area contributed by atoms with Gasteiger partial charge in [0.1, 0.15) is 6.10 Å². The van der Waals surface area contributed by atoms with Crippen molar-refractivity contribution in [3.05, 3.63) is 28.8 Å². The van der Waals surface area contributed by atoms with Gasteiger partial charge in [0.2, 0.25) is 0 Å². The number of hydrogen-bond acceptors (Lipinski definition) is 3. The summed E-state index contributed by atoms with van der Waals surface area (Å²) in [5.74, 6) is -0.0934. The molecule has 1 amide bonds. The minimum Gasteiger partial charge on any atom is -0.365 e. The zero-order valence-electron chi connectivity index (χ0n) is 9.65. The van der Waals surface area contributed by atoms with Gasteiger partial charge in [0.05, 0.1) is 6.61 Å². The number of hydrogen-bond donors (Lipinski definition) is 1. The van der Waals surface area contributed by atoms with Gasteiger partial charge in [0.15, 0.2) is 0 Å². The van der Waals surface area contributed by atoms with Gasteiger partial charge in [-0.1, -0.05) is 17.7 Å². The topological polar surface area (TPSA) is 55.6 Å². The number of carbonyl (C=O) groups excluding carboxylic acids is 1.